The summed E-state index contributed by atoms with van der Waals surface area (Å²) in [7, 11) is 2.82. The number of rotatable bonds is 9. The standard InChI is InChI=1S/C24H37N3O6/c1-31-22-15-19(24(30)32-2)7-8-21(22)33-18-20(28)16-25-11-13-26(14-12-25)17-23(29)27-9-5-3-4-6-10-27/h7-8,15,20,28H,3-6,9-14,16-18H2,1-2H3. The van der Waals surface area contributed by atoms with Gasteiger partial charge in [-0.1, -0.05) is 12.8 Å². The number of carbonyl (C=O) groups is 2. The Bertz CT molecular complexity index is 773. The summed E-state index contributed by atoms with van der Waals surface area (Å²) < 4.78 is 15.7. The third-order valence-electron chi connectivity index (χ3n) is 6.27. The maximum atomic E-state index is 12.6. The van der Waals surface area contributed by atoms with Crippen molar-refractivity contribution in [2.24, 2.45) is 0 Å². The molecule has 2 aliphatic rings. The first-order valence-electron chi connectivity index (χ1n) is 11.8. The second kappa shape index (κ2) is 12.8. The number of nitrogens with zero attached hydrogens (tertiary/aromatic N) is 3. The normalized spacial score (nSPS) is 18.9. The van der Waals surface area contributed by atoms with E-state index in [4.69, 9.17) is 14.2 Å². The van der Waals surface area contributed by atoms with Crippen LogP contribution >= 0.6 is 0 Å². The van der Waals surface area contributed by atoms with E-state index >= 15 is 0 Å². The van der Waals surface area contributed by atoms with Crippen molar-refractivity contribution >= 4 is 11.9 Å². The summed E-state index contributed by atoms with van der Waals surface area (Å²) >= 11 is 0. The predicted octanol–water partition coefficient (Wildman–Crippen LogP) is 1.24. The van der Waals surface area contributed by atoms with Crippen LogP contribution in [0.5, 0.6) is 11.5 Å². The summed E-state index contributed by atoms with van der Waals surface area (Å²) in [5.74, 6) is 0.659. The lowest BCUT2D eigenvalue weighted by Crippen LogP contribution is -2.51. The van der Waals surface area contributed by atoms with Crippen molar-refractivity contribution in [1.82, 2.24) is 14.7 Å². The maximum absolute atomic E-state index is 12.6. The van der Waals surface area contributed by atoms with Gasteiger partial charge in [-0.05, 0) is 31.0 Å². The lowest BCUT2D eigenvalue weighted by atomic mass is 10.2. The number of likely N-dealkylation sites (tertiary alicyclic amines) is 1. The fourth-order valence-electron chi connectivity index (χ4n) is 4.31. The van der Waals surface area contributed by atoms with Crippen LogP contribution in [0.25, 0.3) is 0 Å². The molecular weight excluding hydrogens is 426 g/mol. The largest absolute Gasteiger partial charge is 0.493 e. The number of hydrogen-bond acceptors (Lipinski definition) is 8. The molecular formula is C24H37N3O6. The molecule has 2 fully saturated rings. The topological polar surface area (TPSA) is 91.8 Å². The van der Waals surface area contributed by atoms with E-state index in [2.05, 4.69) is 9.80 Å². The number of aliphatic hydroxyl groups is 1. The number of carbonyl (C=O) groups excluding carboxylic acids is 2. The zero-order valence-electron chi connectivity index (χ0n) is 19.8. The lowest BCUT2D eigenvalue weighted by Gasteiger charge is -2.36. The molecule has 2 aliphatic heterocycles. The van der Waals surface area contributed by atoms with Gasteiger partial charge < -0.3 is 24.2 Å². The summed E-state index contributed by atoms with van der Waals surface area (Å²) in [6.45, 7) is 6.12. The molecule has 33 heavy (non-hydrogen) atoms. The molecule has 2 heterocycles. The number of amides is 1. The first-order valence-corrected chi connectivity index (χ1v) is 11.8. The number of aliphatic hydroxyl groups excluding tert-OH is 1. The molecule has 2 saturated heterocycles. The van der Waals surface area contributed by atoms with Gasteiger partial charge in [-0.15, -0.1) is 0 Å². The molecule has 0 spiro atoms. The van der Waals surface area contributed by atoms with Crippen LogP contribution in [-0.2, 0) is 9.53 Å². The monoisotopic (exact) mass is 463 g/mol. The van der Waals surface area contributed by atoms with Crippen molar-refractivity contribution in [2.75, 3.05) is 73.2 Å². The molecule has 0 aliphatic carbocycles. The molecule has 184 valence electrons. The van der Waals surface area contributed by atoms with Crippen LogP contribution in [0.15, 0.2) is 18.2 Å². The fourth-order valence-corrected chi connectivity index (χ4v) is 4.31. The van der Waals surface area contributed by atoms with Crippen LogP contribution < -0.4 is 9.47 Å². The molecule has 1 atom stereocenters. The highest BCUT2D eigenvalue weighted by Crippen LogP contribution is 2.28. The van der Waals surface area contributed by atoms with Crippen molar-refractivity contribution in [3.8, 4) is 11.5 Å². The molecule has 3 rings (SSSR count). The molecule has 0 saturated carbocycles. The van der Waals surface area contributed by atoms with Crippen molar-refractivity contribution in [1.29, 1.82) is 0 Å². The average molecular weight is 464 g/mol. The van der Waals surface area contributed by atoms with Crippen LogP contribution in [0.1, 0.15) is 36.0 Å². The predicted molar refractivity (Wildman–Crippen MR) is 124 cm³/mol. The lowest BCUT2D eigenvalue weighted by molar-refractivity contribution is -0.132. The molecule has 0 bridgehead atoms. The van der Waals surface area contributed by atoms with Gasteiger partial charge in [0.05, 0.1) is 26.3 Å². The first kappa shape index (κ1) is 25.3. The number of methoxy groups -OCH3 is 2. The summed E-state index contributed by atoms with van der Waals surface area (Å²) in [5.41, 5.74) is 0.370. The highest BCUT2D eigenvalue weighted by molar-refractivity contribution is 5.90. The maximum Gasteiger partial charge on any atom is 0.337 e. The molecule has 1 aromatic rings. The zero-order valence-corrected chi connectivity index (χ0v) is 19.8. The van der Waals surface area contributed by atoms with Gasteiger partial charge in [0, 0.05) is 45.8 Å². The van der Waals surface area contributed by atoms with E-state index in [1.807, 2.05) is 4.90 Å². The van der Waals surface area contributed by atoms with Crippen LogP contribution in [0.4, 0.5) is 0 Å². The fraction of sp³-hybridized carbons (Fsp3) is 0.667. The van der Waals surface area contributed by atoms with Crippen molar-refractivity contribution in [2.45, 2.75) is 31.8 Å². The Morgan fingerprint density at radius 2 is 1.61 bits per heavy atom. The minimum atomic E-state index is -0.666. The minimum absolute atomic E-state index is 0.113. The summed E-state index contributed by atoms with van der Waals surface area (Å²) in [5, 5.41) is 10.5. The number of hydrogen-bond donors (Lipinski definition) is 1. The van der Waals surface area contributed by atoms with E-state index in [9.17, 15) is 14.7 Å². The third kappa shape index (κ3) is 7.58. The van der Waals surface area contributed by atoms with Gasteiger partial charge in [0.2, 0.25) is 5.91 Å². The molecule has 0 aromatic heterocycles. The molecule has 1 amide bonds. The summed E-state index contributed by atoms with van der Waals surface area (Å²) in [4.78, 5) is 30.7. The van der Waals surface area contributed by atoms with Crippen LogP contribution in [-0.4, -0.2) is 111 Å². The quantitative estimate of drug-likeness (QED) is 0.547. The van der Waals surface area contributed by atoms with E-state index in [-0.39, 0.29) is 12.5 Å². The second-order valence-corrected chi connectivity index (χ2v) is 8.69. The first-order chi connectivity index (χ1) is 16.0. The number of β-amino-alcohol motifs (C(OH)–C–C–N with tert-alkyl or cyclic N) is 1. The SMILES string of the molecule is COC(=O)c1ccc(OCC(O)CN2CCN(CC(=O)N3CCCCCC3)CC2)c(OC)c1. The Morgan fingerprint density at radius 3 is 2.24 bits per heavy atom. The molecule has 1 N–H and O–H groups in total. The Kier molecular flexibility index (Phi) is 9.77. The molecule has 1 aromatic carbocycles. The highest BCUT2D eigenvalue weighted by Gasteiger charge is 2.24. The smallest absolute Gasteiger partial charge is 0.337 e. The van der Waals surface area contributed by atoms with E-state index in [0.29, 0.717) is 30.2 Å². The van der Waals surface area contributed by atoms with E-state index < -0.39 is 12.1 Å². The molecule has 9 heteroatoms. The zero-order chi connectivity index (χ0) is 23.6. The van der Waals surface area contributed by atoms with E-state index in [0.717, 1.165) is 52.1 Å². The van der Waals surface area contributed by atoms with E-state index in [1.54, 1.807) is 18.2 Å². The highest BCUT2D eigenvalue weighted by atomic mass is 16.5. The minimum Gasteiger partial charge on any atom is -0.493 e. The van der Waals surface area contributed by atoms with Gasteiger partial charge in [-0.2, -0.15) is 0 Å². The van der Waals surface area contributed by atoms with Crippen molar-refractivity contribution < 1.29 is 28.9 Å². The van der Waals surface area contributed by atoms with Crippen molar-refractivity contribution in [3.05, 3.63) is 23.8 Å². The number of benzene rings is 1. The van der Waals surface area contributed by atoms with E-state index in [1.165, 1.54) is 27.1 Å². The van der Waals surface area contributed by atoms with Gasteiger partial charge in [0.1, 0.15) is 12.7 Å². The number of esters is 1. The molecule has 9 nitrogen and oxygen atoms in total. The summed E-state index contributed by atoms with van der Waals surface area (Å²) in [6.07, 6.45) is 4.00. The third-order valence-corrected chi connectivity index (χ3v) is 6.27. The van der Waals surface area contributed by atoms with Gasteiger partial charge in [-0.25, -0.2) is 4.79 Å². The summed E-state index contributed by atoms with van der Waals surface area (Å²) in [6, 6.07) is 4.79. The second-order valence-electron chi connectivity index (χ2n) is 8.69. The average Bonchev–Trinajstić information content (AvgIpc) is 3.13. The van der Waals surface area contributed by atoms with Gasteiger partial charge in [0.15, 0.2) is 11.5 Å². The Labute approximate surface area is 196 Å². The number of ether oxygens (including phenoxy) is 3. The Morgan fingerprint density at radius 1 is 0.939 bits per heavy atom. The Hall–Kier alpha value is -2.36. The molecule has 1 unspecified atom stereocenters. The van der Waals surface area contributed by atoms with Crippen molar-refractivity contribution in [3.63, 3.8) is 0 Å². The van der Waals surface area contributed by atoms with Crippen LogP contribution in [0, 0.1) is 0 Å². The van der Waals surface area contributed by atoms with Crippen LogP contribution in [0.3, 0.4) is 0 Å². The Balaban J connectivity index is 1.39. The van der Waals surface area contributed by atoms with Crippen LogP contribution in [0.2, 0.25) is 0 Å². The van der Waals surface area contributed by atoms with Gasteiger partial charge in [-0.3, -0.25) is 14.6 Å². The number of piperazine rings is 1. The van der Waals surface area contributed by atoms with Gasteiger partial charge >= 0.3 is 5.97 Å². The van der Waals surface area contributed by atoms with Gasteiger partial charge in [0.25, 0.3) is 0 Å². The molecule has 0 radical (unpaired) electrons.